The number of carboxylic acid groups (broad SMARTS) is 2. The van der Waals surface area contributed by atoms with E-state index >= 15 is 0 Å². The van der Waals surface area contributed by atoms with Crippen LogP contribution in [-0.2, 0) is 14.4 Å². The van der Waals surface area contributed by atoms with E-state index in [0.29, 0.717) is 5.57 Å². The number of oxime groups is 1. The normalized spacial score (nSPS) is 24.1. The van der Waals surface area contributed by atoms with Crippen molar-refractivity contribution in [3.8, 4) is 0 Å². The molecule has 0 radical (unpaired) electrons. The van der Waals surface area contributed by atoms with Gasteiger partial charge < -0.3 is 15.1 Å². The summed E-state index contributed by atoms with van der Waals surface area (Å²) in [5.41, 5.74) is -1.35. The predicted octanol–water partition coefficient (Wildman–Crippen LogP) is 1.62. The highest BCUT2D eigenvalue weighted by molar-refractivity contribution is 6.35. The summed E-state index contributed by atoms with van der Waals surface area (Å²) in [5, 5.41) is 21.7. The van der Waals surface area contributed by atoms with Gasteiger partial charge in [0, 0.05) is 17.0 Å². The Kier molecular flexibility index (Phi) is 4.13. The second kappa shape index (κ2) is 5.22. The summed E-state index contributed by atoms with van der Waals surface area (Å²) >= 11 is 6.01. The number of hydrogen-bond acceptors (Lipinski definition) is 4. The molecule has 0 amide bonds. The van der Waals surface area contributed by atoms with Crippen molar-refractivity contribution < 1.29 is 24.6 Å². The van der Waals surface area contributed by atoms with Gasteiger partial charge in [0.2, 0.25) is 0 Å². The quantitative estimate of drug-likeness (QED) is 0.599. The van der Waals surface area contributed by atoms with Crippen LogP contribution in [0.5, 0.6) is 0 Å². The van der Waals surface area contributed by atoms with Crippen LogP contribution in [0.15, 0.2) is 27.4 Å². The van der Waals surface area contributed by atoms with Gasteiger partial charge in [-0.1, -0.05) is 16.8 Å². The van der Waals surface area contributed by atoms with Crippen molar-refractivity contribution in [2.24, 2.45) is 10.6 Å². The van der Waals surface area contributed by atoms with Gasteiger partial charge in [0.15, 0.2) is 0 Å². The van der Waals surface area contributed by atoms with Crippen LogP contribution in [0.1, 0.15) is 13.3 Å². The number of halogens is 1. The topological polar surface area (TPSA) is 96.2 Å². The lowest BCUT2D eigenvalue weighted by molar-refractivity contribution is -0.142. The van der Waals surface area contributed by atoms with Crippen LogP contribution in [-0.4, -0.2) is 35.5 Å². The lowest BCUT2D eigenvalue weighted by Crippen LogP contribution is -2.37. The molecule has 0 aliphatic heterocycles. The summed E-state index contributed by atoms with van der Waals surface area (Å²) < 4.78 is 0. The lowest BCUT2D eigenvalue weighted by atomic mass is 9.77. The molecule has 0 fully saturated rings. The number of carboxylic acids is 2. The largest absolute Gasteiger partial charge is 0.480 e. The van der Waals surface area contributed by atoms with E-state index in [1.807, 2.05) is 0 Å². The smallest absolute Gasteiger partial charge is 0.331 e. The highest BCUT2D eigenvalue weighted by Crippen LogP contribution is 2.42. The van der Waals surface area contributed by atoms with E-state index in [9.17, 15) is 14.7 Å². The summed E-state index contributed by atoms with van der Waals surface area (Å²) in [5.74, 6) is -2.46. The van der Waals surface area contributed by atoms with Crippen molar-refractivity contribution in [3.05, 3.63) is 22.3 Å². The van der Waals surface area contributed by atoms with E-state index < -0.39 is 17.4 Å². The molecule has 0 heterocycles. The van der Waals surface area contributed by atoms with Crippen LogP contribution >= 0.6 is 11.6 Å². The Hall–Kier alpha value is -1.82. The molecule has 18 heavy (non-hydrogen) atoms. The molecule has 6 nitrogen and oxygen atoms in total. The van der Waals surface area contributed by atoms with Crippen molar-refractivity contribution in [3.63, 3.8) is 0 Å². The first kappa shape index (κ1) is 14.2. The molecule has 7 heteroatoms. The number of nitrogens with zero attached hydrogens (tertiary/aromatic N) is 1. The molecular weight excluding hydrogens is 262 g/mol. The van der Waals surface area contributed by atoms with E-state index in [1.54, 1.807) is 6.92 Å². The maximum absolute atomic E-state index is 11.4. The molecule has 0 saturated carbocycles. The maximum Gasteiger partial charge on any atom is 0.331 e. The fraction of sp³-hybridized carbons (Fsp3) is 0.364. The Balaban J connectivity index is 3.37. The predicted molar refractivity (Wildman–Crippen MR) is 64.5 cm³/mol. The van der Waals surface area contributed by atoms with Gasteiger partial charge in [-0.3, -0.25) is 4.79 Å². The molecule has 1 aliphatic rings. The summed E-state index contributed by atoms with van der Waals surface area (Å²) in [7, 11) is 1.26. The SMILES string of the molecule is CO/N=C/C1(C(=O)O)CC(C(=O)O)=CC(C)=C1Cl. The molecule has 0 aromatic heterocycles. The second-order valence-electron chi connectivity index (χ2n) is 3.84. The van der Waals surface area contributed by atoms with Crippen LogP contribution in [0.3, 0.4) is 0 Å². The van der Waals surface area contributed by atoms with Gasteiger partial charge >= 0.3 is 11.9 Å². The molecule has 1 unspecified atom stereocenters. The highest BCUT2D eigenvalue weighted by Gasteiger charge is 2.45. The zero-order valence-electron chi connectivity index (χ0n) is 9.81. The van der Waals surface area contributed by atoms with Crippen molar-refractivity contribution in [2.75, 3.05) is 7.11 Å². The standard InChI is InChI=1S/C11H12ClNO5/c1-6-3-7(9(14)15)4-11(8(6)12,10(16)17)5-13-18-2/h3,5H,4H2,1-2H3,(H,14,15)(H,16,17)/b13-5+. The molecule has 0 aromatic rings. The summed E-state index contributed by atoms with van der Waals surface area (Å²) in [6.45, 7) is 1.54. The van der Waals surface area contributed by atoms with Crippen LogP contribution in [0.4, 0.5) is 0 Å². The van der Waals surface area contributed by atoms with E-state index in [0.717, 1.165) is 6.21 Å². The number of hydrogen-bond donors (Lipinski definition) is 2. The molecule has 1 atom stereocenters. The molecule has 0 spiro atoms. The third kappa shape index (κ3) is 2.38. The highest BCUT2D eigenvalue weighted by atomic mass is 35.5. The molecule has 1 aliphatic carbocycles. The Bertz CT molecular complexity index is 480. The van der Waals surface area contributed by atoms with Gasteiger partial charge in [-0.2, -0.15) is 0 Å². The van der Waals surface area contributed by atoms with Crippen LogP contribution in [0.25, 0.3) is 0 Å². The molecular formula is C11H12ClNO5. The van der Waals surface area contributed by atoms with Gasteiger partial charge in [0.1, 0.15) is 12.5 Å². The van der Waals surface area contributed by atoms with Crippen LogP contribution in [0, 0.1) is 5.41 Å². The van der Waals surface area contributed by atoms with Crippen molar-refractivity contribution in [2.45, 2.75) is 13.3 Å². The van der Waals surface area contributed by atoms with Crippen LogP contribution in [0.2, 0.25) is 0 Å². The number of allylic oxidation sites excluding steroid dienone is 2. The molecule has 0 saturated heterocycles. The molecule has 98 valence electrons. The third-order valence-electron chi connectivity index (χ3n) is 2.63. The van der Waals surface area contributed by atoms with E-state index in [2.05, 4.69) is 9.99 Å². The molecule has 0 aromatic carbocycles. The lowest BCUT2D eigenvalue weighted by Gasteiger charge is -2.29. The summed E-state index contributed by atoms with van der Waals surface area (Å²) in [6, 6.07) is 0. The first-order chi connectivity index (χ1) is 8.35. The van der Waals surface area contributed by atoms with E-state index in [-0.39, 0.29) is 17.0 Å². The number of carbonyl (C=O) groups is 2. The second-order valence-corrected chi connectivity index (χ2v) is 4.22. The summed E-state index contributed by atoms with van der Waals surface area (Å²) in [4.78, 5) is 26.9. The van der Waals surface area contributed by atoms with Crippen molar-refractivity contribution in [1.29, 1.82) is 0 Å². The van der Waals surface area contributed by atoms with E-state index in [1.165, 1.54) is 13.2 Å². The van der Waals surface area contributed by atoms with Gasteiger partial charge in [0.25, 0.3) is 0 Å². The Morgan fingerprint density at radius 2 is 2.17 bits per heavy atom. The van der Waals surface area contributed by atoms with Gasteiger partial charge in [-0.05, 0) is 18.6 Å². The Morgan fingerprint density at radius 1 is 1.56 bits per heavy atom. The third-order valence-corrected chi connectivity index (χ3v) is 3.27. The minimum atomic E-state index is -1.69. The first-order valence-electron chi connectivity index (χ1n) is 4.97. The molecule has 2 N–H and O–H groups in total. The fourth-order valence-corrected chi connectivity index (χ4v) is 1.96. The Labute approximate surface area is 108 Å². The Morgan fingerprint density at radius 3 is 2.61 bits per heavy atom. The minimum Gasteiger partial charge on any atom is -0.480 e. The summed E-state index contributed by atoms with van der Waals surface area (Å²) in [6.07, 6.45) is 2.09. The average Bonchev–Trinajstić information content (AvgIpc) is 2.30. The molecule has 0 bridgehead atoms. The monoisotopic (exact) mass is 273 g/mol. The van der Waals surface area contributed by atoms with Crippen molar-refractivity contribution >= 4 is 29.8 Å². The van der Waals surface area contributed by atoms with Crippen molar-refractivity contribution in [1.82, 2.24) is 0 Å². The van der Waals surface area contributed by atoms with Gasteiger partial charge in [0.05, 0.1) is 6.21 Å². The van der Waals surface area contributed by atoms with Gasteiger partial charge in [-0.25, -0.2) is 4.79 Å². The maximum atomic E-state index is 11.4. The minimum absolute atomic E-state index is 0.0285. The number of aliphatic carboxylic acids is 2. The van der Waals surface area contributed by atoms with Gasteiger partial charge in [-0.15, -0.1) is 0 Å². The fourth-order valence-electron chi connectivity index (χ4n) is 1.71. The molecule has 1 rings (SSSR count). The van der Waals surface area contributed by atoms with Crippen LogP contribution < -0.4 is 0 Å². The zero-order valence-corrected chi connectivity index (χ0v) is 10.6. The first-order valence-corrected chi connectivity index (χ1v) is 5.34. The number of rotatable bonds is 4. The average molecular weight is 274 g/mol. The van der Waals surface area contributed by atoms with E-state index in [4.69, 9.17) is 16.7 Å². The zero-order chi connectivity index (χ0) is 13.9.